The summed E-state index contributed by atoms with van der Waals surface area (Å²) in [5.74, 6) is 1.56. The second kappa shape index (κ2) is 6.71. The fourth-order valence-corrected chi connectivity index (χ4v) is 4.35. The average Bonchev–Trinajstić information content (AvgIpc) is 2.41. The van der Waals surface area contributed by atoms with Gasteiger partial charge in [-0.3, -0.25) is 0 Å². The summed E-state index contributed by atoms with van der Waals surface area (Å²) in [4.78, 5) is 0. The topological polar surface area (TPSA) is 12.0 Å². The molecule has 0 aromatic heterocycles. The Kier molecular flexibility index (Phi) is 5.38. The van der Waals surface area contributed by atoms with Crippen molar-refractivity contribution in [2.45, 2.75) is 59.4 Å². The predicted octanol–water partition coefficient (Wildman–Crippen LogP) is 5.24. The normalized spacial score (nSPS) is 26.9. The van der Waals surface area contributed by atoms with Gasteiger partial charge in [0.1, 0.15) is 0 Å². The van der Waals surface area contributed by atoms with Gasteiger partial charge < -0.3 is 5.32 Å². The Morgan fingerprint density at radius 2 is 2.00 bits per heavy atom. The Labute approximate surface area is 135 Å². The van der Waals surface area contributed by atoms with Gasteiger partial charge in [-0.1, -0.05) is 50.9 Å². The second-order valence-electron chi connectivity index (χ2n) is 7.68. The van der Waals surface area contributed by atoms with Gasteiger partial charge in [-0.2, -0.15) is 0 Å². The molecule has 0 aliphatic heterocycles. The Balaban J connectivity index is 2.16. The van der Waals surface area contributed by atoms with E-state index in [0.717, 1.165) is 23.3 Å². The second-order valence-corrected chi connectivity index (χ2v) is 8.09. The highest BCUT2D eigenvalue weighted by Crippen LogP contribution is 2.43. The lowest BCUT2D eigenvalue weighted by Gasteiger charge is -2.44. The molecule has 1 aromatic carbocycles. The van der Waals surface area contributed by atoms with Gasteiger partial charge in [-0.25, -0.2) is 0 Å². The highest BCUT2D eigenvalue weighted by atomic mass is 35.5. The zero-order chi connectivity index (χ0) is 15.6. The van der Waals surface area contributed by atoms with E-state index in [1.165, 1.54) is 30.4 Å². The lowest BCUT2D eigenvalue weighted by Crippen LogP contribution is -2.46. The number of hydrogen-bond donors (Lipinski definition) is 1. The van der Waals surface area contributed by atoms with Crippen LogP contribution in [0.5, 0.6) is 0 Å². The van der Waals surface area contributed by atoms with E-state index in [1.807, 2.05) is 0 Å². The summed E-state index contributed by atoms with van der Waals surface area (Å²) in [6.07, 6.45) is 5.03. The van der Waals surface area contributed by atoms with E-state index in [2.05, 4.69) is 58.3 Å². The van der Waals surface area contributed by atoms with Crippen molar-refractivity contribution in [1.29, 1.82) is 0 Å². The zero-order valence-electron chi connectivity index (χ0n) is 14.2. The van der Waals surface area contributed by atoms with Crippen LogP contribution in [-0.2, 0) is 6.42 Å². The van der Waals surface area contributed by atoms with Gasteiger partial charge in [0.2, 0.25) is 0 Å². The Morgan fingerprint density at radius 3 is 2.62 bits per heavy atom. The fourth-order valence-electron chi connectivity index (χ4n) is 4.05. The van der Waals surface area contributed by atoms with Crippen LogP contribution in [0.4, 0.5) is 0 Å². The molecule has 3 atom stereocenters. The molecule has 118 valence electrons. The summed E-state index contributed by atoms with van der Waals surface area (Å²) in [6, 6.07) is 7.11. The van der Waals surface area contributed by atoms with E-state index >= 15 is 0 Å². The van der Waals surface area contributed by atoms with E-state index in [9.17, 15) is 0 Å². The largest absolute Gasteiger partial charge is 0.317 e. The Hall–Kier alpha value is -0.530. The molecule has 2 rings (SSSR count). The molecule has 1 N–H and O–H groups in total. The lowest BCUT2D eigenvalue weighted by molar-refractivity contribution is 0.0981. The molecular formula is C19H30ClN. The van der Waals surface area contributed by atoms with Crippen molar-refractivity contribution in [1.82, 2.24) is 5.32 Å². The van der Waals surface area contributed by atoms with Crippen LogP contribution in [-0.4, -0.2) is 13.1 Å². The van der Waals surface area contributed by atoms with Crippen LogP contribution >= 0.6 is 11.6 Å². The SMILES string of the molecule is CNC1CC(C)CCC1C(C)(C)Cc1ccc(C)cc1Cl. The lowest BCUT2D eigenvalue weighted by atomic mass is 9.64. The molecule has 21 heavy (non-hydrogen) atoms. The number of halogens is 1. The first kappa shape index (κ1) is 16.8. The van der Waals surface area contributed by atoms with Crippen molar-refractivity contribution in [3.8, 4) is 0 Å². The molecule has 2 heteroatoms. The third-order valence-electron chi connectivity index (χ3n) is 5.34. The third-order valence-corrected chi connectivity index (χ3v) is 5.69. The van der Waals surface area contributed by atoms with Gasteiger partial charge in [0.25, 0.3) is 0 Å². The quantitative estimate of drug-likeness (QED) is 0.802. The summed E-state index contributed by atoms with van der Waals surface area (Å²) in [5.41, 5.74) is 2.80. The Bertz CT molecular complexity index is 480. The van der Waals surface area contributed by atoms with Crippen LogP contribution in [0.25, 0.3) is 0 Å². The van der Waals surface area contributed by atoms with E-state index in [1.54, 1.807) is 0 Å². The van der Waals surface area contributed by atoms with Crippen LogP contribution in [0, 0.1) is 24.2 Å². The molecule has 3 unspecified atom stereocenters. The molecule has 0 saturated heterocycles. The van der Waals surface area contributed by atoms with Gasteiger partial charge >= 0.3 is 0 Å². The van der Waals surface area contributed by atoms with Crippen molar-refractivity contribution < 1.29 is 0 Å². The summed E-state index contributed by atoms with van der Waals surface area (Å²) >= 11 is 6.45. The maximum Gasteiger partial charge on any atom is 0.0440 e. The van der Waals surface area contributed by atoms with Gasteiger partial charge in [0.15, 0.2) is 0 Å². The standard InChI is InChI=1S/C19H30ClN/c1-13-6-8-15(17(20)10-13)12-19(3,4)16-9-7-14(2)11-18(16)21-5/h6,8,10,14,16,18,21H,7,9,11-12H2,1-5H3. The van der Waals surface area contributed by atoms with Crippen LogP contribution in [0.15, 0.2) is 18.2 Å². The summed E-state index contributed by atoms with van der Waals surface area (Å²) in [7, 11) is 2.12. The Morgan fingerprint density at radius 1 is 1.29 bits per heavy atom. The minimum atomic E-state index is 0.271. The number of aryl methyl sites for hydroxylation is 1. The summed E-state index contributed by atoms with van der Waals surface area (Å²) in [5, 5.41) is 4.49. The number of benzene rings is 1. The van der Waals surface area contributed by atoms with E-state index in [-0.39, 0.29) is 5.41 Å². The van der Waals surface area contributed by atoms with Crippen molar-refractivity contribution >= 4 is 11.6 Å². The molecule has 1 nitrogen and oxygen atoms in total. The fraction of sp³-hybridized carbons (Fsp3) is 0.684. The van der Waals surface area contributed by atoms with Crippen molar-refractivity contribution in [2.75, 3.05) is 7.05 Å². The van der Waals surface area contributed by atoms with Gasteiger partial charge in [-0.15, -0.1) is 0 Å². The average molecular weight is 308 g/mol. The number of hydrogen-bond acceptors (Lipinski definition) is 1. The van der Waals surface area contributed by atoms with Crippen LogP contribution in [0.2, 0.25) is 5.02 Å². The molecule has 0 radical (unpaired) electrons. The first-order valence-corrected chi connectivity index (χ1v) is 8.63. The van der Waals surface area contributed by atoms with Crippen LogP contribution in [0.3, 0.4) is 0 Å². The predicted molar refractivity (Wildman–Crippen MR) is 93.0 cm³/mol. The molecule has 1 aliphatic carbocycles. The summed E-state index contributed by atoms with van der Waals surface area (Å²) in [6.45, 7) is 9.30. The van der Waals surface area contributed by atoms with Crippen molar-refractivity contribution in [3.05, 3.63) is 34.3 Å². The number of nitrogens with one attached hydrogen (secondary N) is 1. The molecule has 1 fully saturated rings. The van der Waals surface area contributed by atoms with Gasteiger partial charge in [0.05, 0.1) is 0 Å². The van der Waals surface area contributed by atoms with E-state index in [4.69, 9.17) is 11.6 Å². The molecular weight excluding hydrogens is 278 g/mol. The first-order valence-electron chi connectivity index (χ1n) is 8.26. The summed E-state index contributed by atoms with van der Waals surface area (Å²) < 4.78 is 0. The van der Waals surface area contributed by atoms with E-state index < -0.39 is 0 Å². The molecule has 1 saturated carbocycles. The first-order chi connectivity index (χ1) is 9.83. The molecule has 0 heterocycles. The number of rotatable bonds is 4. The van der Waals surface area contributed by atoms with Crippen molar-refractivity contribution in [3.63, 3.8) is 0 Å². The highest BCUT2D eigenvalue weighted by Gasteiger charge is 2.38. The minimum Gasteiger partial charge on any atom is -0.317 e. The molecule has 0 bridgehead atoms. The van der Waals surface area contributed by atoms with Crippen LogP contribution in [0.1, 0.15) is 51.2 Å². The molecule has 1 aliphatic rings. The monoisotopic (exact) mass is 307 g/mol. The van der Waals surface area contributed by atoms with Crippen LogP contribution < -0.4 is 5.32 Å². The zero-order valence-corrected chi connectivity index (χ0v) is 14.9. The van der Waals surface area contributed by atoms with Gasteiger partial charge in [0, 0.05) is 11.1 Å². The smallest absolute Gasteiger partial charge is 0.0440 e. The molecule has 0 amide bonds. The van der Waals surface area contributed by atoms with Crippen molar-refractivity contribution in [2.24, 2.45) is 17.3 Å². The minimum absolute atomic E-state index is 0.271. The molecule has 1 aromatic rings. The highest BCUT2D eigenvalue weighted by molar-refractivity contribution is 6.31. The maximum absolute atomic E-state index is 6.45. The van der Waals surface area contributed by atoms with E-state index in [0.29, 0.717) is 6.04 Å². The van der Waals surface area contributed by atoms with Gasteiger partial charge in [-0.05, 0) is 67.7 Å². The maximum atomic E-state index is 6.45. The molecule has 0 spiro atoms. The third kappa shape index (κ3) is 4.02.